The summed E-state index contributed by atoms with van der Waals surface area (Å²) >= 11 is 0. The Bertz CT molecular complexity index is 630. The van der Waals surface area contributed by atoms with Gasteiger partial charge in [0.1, 0.15) is 18.7 Å². The molecule has 110 valence electrons. The van der Waals surface area contributed by atoms with Gasteiger partial charge < -0.3 is 4.90 Å². The number of amides is 1. The van der Waals surface area contributed by atoms with E-state index in [-0.39, 0.29) is 24.3 Å². The highest BCUT2D eigenvalue weighted by atomic mass is 19.1. The fourth-order valence-electron chi connectivity index (χ4n) is 2.91. The van der Waals surface area contributed by atoms with Crippen LogP contribution in [0.2, 0.25) is 0 Å². The van der Waals surface area contributed by atoms with Crippen LogP contribution in [0.3, 0.4) is 0 Å². The second-order valence-corrected chi connectivity index (χ2v) is 5.36. The summed E-state index contributed by atoms with van der Waals surface area (Å²) in [6.07, 6.45) is 2.32. The first-order valence-corrected chi connectivity index (χ1v) is 6.91. The molecule has 0 saturated carbocycles. The van der Waals surface area contributed by atoms with Gasteiger partial charge in [-0.1, -0.05) is 19.1 Å². The molecule has 2 aromatic rings. The molecule has 1 aromatic heterocycles. The van der Waals surface area contributed by atoms with Gasteiger partial charge in [0.05, 0.1) is 6.04 Å². The summed E-state index contributed by atoms with van der Waals surface area (Å²) in [4.78, 5) is 14.2. The van der Waals surface area contributed by atoms with Gasteiger partial charge in [0.15, 0.2) is 0 Å². The molecule has 1 fully saturated rings. The quantitative estimate of drug-likeness (QED) is 0.857. The van der Waals surface area contributed by atoms with E-state index in [0.29, 0.717) is 12.5 Å². The number of carbonyl (C=O) groups excluding carboxylic acids is 1. The monoisotopic (exact) mass is 289 g/mol. The van der Waals surface area contributed by atoms with E-state index in [4.69, 9.17) is 0 Å². The molecular weight excluding hydrogens is 273 g/mol. The van der Waals surface area contributed by atoms with Crippen LogP contribution in [0, 0.1) is 11.7 Å². The van der Waals surface area contributed by atoms with E-state index in [0.717, 1.165) is 12.0 Å². The van der Waals surface area contributed by atoms with Crippen molar-refractivity contribution in [3.63, 3.8) is 0 Å². The minimum absolute atomic E-state index is 0.0547. The molecule has 1 amide bonds. The molecule has 2 heterocycles. The first-order valence-electron chi connectivity index (χ1n) is 6.91. The maximum atomic E-state index is 13.4. The molecule has 21 heavy (non-hydrogen) atoms. The van der Waals surface area contributed by atoms with Crippen molar-refractivity contribution in [1.29, 1.82) is 0 Å². The normalized spacial score (nSPS) is 21.7. The lowest BCUT2D eigenvalue weighted by Gasteiger charge is -2.27. The zero-order chi connectivity index (χ0) is 14.8. The number of nitrogens with zero attached hydrogens (tertiary/aromatic N) is 5. The van der Waals surface area contributed by atoms with Gasteiger partial charge in [0.25, 0.3) is 0 Å². The highest BCUT2D eigenvalue weighted by Crippen LogP contribution is 2.37. The largest absolute Gasteiger partial charge is 0.334 e. The van der Waals surface area contributed by atoms with Crippen LogP contribution < -0.4 is 0 Å². The summed E-state index contributed by atoms with van der Waals surface area (Å²) in [6.45, 7) is 2.86. The SMILES string of the molecule is C[C@@H]1CCN(C(=O)Cn2cnnn2)[C@H]1c1cccc(F)c1. The number of likely N-dealkylation sites (tertiary alicyclic amines) is 1. The number of carbonyl (C=O) groups is 1. The van der Waals surface area contributed by atoms with Gasteiger partial charge in [-0.15, -0.1) is 5.10 Å². The first kappa shape index (κ1) is 13.7. The Morgan fingerprint density at radius 1 is 1.48 bits per heavy atom. The number of tetrazole rings is 1. The van der Waals surface area contributed by atoms with Crippen LogP contribution in [0.15, 0.2) is 30.6 Å². The molecule has 3 rings (SSSR count). The van der Waals surface area contributed by atoms with Crippen LogP contribution in [0.5, 0.6) is 0 Å². The summed E-state index contributed by atoms with van der Waals surface area (Å²) < 4.78 is 14.8. The van der Waals surface area contributed by atoms with Crippen LogP contribution in [0.4, 0.5) is 4.39 Å². The van der Waals surface area contributed by atoms with E-state index in [1.165, 1.54) is 23.1 Å². The Kier molecular flexibility index (Phi) is 3.64. The molecule has 0 aliphatic carbocycles. The Balaban J connectivity index is 1.82. The second kappa shape index (κ2) is 5.59. The molecule has 0 spiro atoms. The molecule has 1 aliphatic heterocycles. The van der Waals surface area contributed by atoms with Gasteiger partial charge in [0, 0.05) is 6.54 Å². The minimum atomic E-state index is -0.278. The molecule has 0 radical (unpaired) electrons. The minimum Gasteiger partial charge on any atom is -0.334 e. The fourth-order valence-corrected chi connectivity index (χ4v) is 2.91. The lowest BCUT2D eigenvalue weighted by Crippen LogP contribution is -2.34. The van der Waals surface area contributed by atoms with Crippen molar-refractivity contribution >= 4 is 5.91 Å². The Morgan fingerprint density at radius 2 is 2.33 bits per heavy atom. The lowest BCUT2D eigenvalue weighted by atomic mass is 9.95. The topological polar surface area (TPSA) is 63.9 Å². The van der Waals surface area contributed by atoms with Gasteiger partial charge in [-0.2, -0.15) is 0 Å². The molecule has 7 heteroatoms. The predicted octanol–water partition coefficient (Wildman–Crippen LogP) is 1.42. The number of benzene rings is 1. The molecule has 1 saturated heterocycles. The summed E-state index contributed by atoms with van der Waals surface area (Å²) in [5.41, 5.74) is 0.838. The zero-order valence-corrected chi connectivity index (χ0v) is 11.7. The smallest absolute Gasteiger partial charge is 0.244 e. The van der Waals surface area contributed by atoms with Crippen LogP contribution in [0.25, 0.3) is 0 Å². The number of hydrogen-bond acceptors (Lipinski definition) is 4. The molecule has 0 bridgehead atoms. The highest BCUT2D eigenvalue weighted by Gasteiger charge is 2.35. The van der Waals surface area contributed by atoms with Crippen molar-refractivity contribution < 1.29 is 9.18 Å². The van der Waals surface area contributed by atoms with Crippen molar-refractivity contribution in [3.8, 4) is 0 Å². The number of rotatable bonds is 3. The number of hydrogen-bond donors (Lipinski definition) is 0. The third-order valence-corrected chi connectivity index (χ3v) is 3.90. The maximum absolute atomic E-state index is 13.4. The summed E-state index contributed by atoms with van der Waals surface area (Å²) in [7, 11) is 0. The Labute approximate surface area is 121 Å². The van der Waals surface area contributed by atoms with Crippen LogP contribution in [0.1, 0.15) is 24.9 Å². The van der Waals surface area contributed by atoms with Crippen LogP contribution in [-0.4, -0.2) is 37.6 Å². The maximum Gasteiger partial charge on any atom is 0.244 e. The van der Waals surface area contributed by atoms with Crippen LogP contribution in [-0.2, 0) is 11.3 Å². The molecule has 0 unspecified atom stereocenters. The average Bonchev–Trinajstić information content (AvgIpc) is 3.08. The Hall–Kier alpha value is -2.31. The van der Waals surface area contributed by atoms with E-state index < -0.39 is 0 Å². The second-order valence-electron chi connectivity index (χ2n) is 5.36. The number of halogens is 1. The van der Waals surface area contributed by atoms with Crippen LogP contribution >= 0.6 is 0 Å². The first-order chi connectivity index (χ1) is 10.1. The molecular formula is C14H16FN5O. The van der Waals surface area contributed by atoms with Gasteiger partial charge in [0.2, 0.25) is 5.91 Å². The van der Waals surface area contributed by atoms with Crippen molar-refractivity contribution in [2.75, 3.05) is 6.54 Å². The van der Waals surface area contributed by atoms with E-state index in [9.17, 15) is 9.18 Å². The standard InChI is InChI=1S/C14H16FN5O/c1-10-5-6-20(13(21)8-19-9-16-17-18-19)14(10)11-3-2-4-12(15)7-11/h2-4,7,9-10,14H,5-6,8H2,1H3/t10-,14-/m1/s1. The molecule has 1 aliphatic rings. The van der Waals surface area contributed by atoms with Crippen molar-refractivity contribution in [3.05, 3.63) is 42.0 Å². The highest BCUT2D eigenvalue weighted by molar-refractivity contribution is 5.76. The van der Waals surface area contributed by atoms with Crippen molar-refractivity contribution in [2.45, 2.75) is 25.9 Å². The van der Waals surface area contributed by atoms with E-state index in [1.807, 2.05) is 6.07 Å². The predicted molar refractivity (Wildman–Crippen MR) is 72.5 cm³/mol. The van der Waals surface area contributed by atoms with Gasteiger partial charge >= 0.3 is 0 Å². The molecule has 6 nitrogen and oxygen atoms in total. The number of aromatic nitrogens is 4. The molecule has 2 atom stereocenters. The van der Waals surface area contributed by atoms with Crippen molar-refractivity contribution in [2.24, 2.45) is 5.92 Å². The summed E-state index contributed by atoms with van der Waals surface area (Å²) in [5, 5.41) is 10.7. The molecule has 1 aromatic carbocycles. The van der Waals surface area contributed by atoms with E-state index in [2.05, 4.69) is 22.4 Å². The van der Waals surface area contributed by atoms with Crippen molar-refractivity contribution in [1.82, 2.24) is 25.1 Å². The third kappa shape index (κ3) is 2.76. The average molecular weight is 289 g/mol. The van der Waals surface area contributed by atoms with Gasteiger partial charge in [-0.25, -0.2) is 9.07 Å². The fraction of sp³-hybridized carbons (Fsp3) is 0.429. The summed E-state index contributed by atoms with van der Waals surface area (Å²) in [5.74, 6) is -0.0370. The van der Waals surface area contributed by atoms with E-state index in [1.54, 1.807) is 11.0 Å². The van der Waals surface area contributed by atoms with Gasteiger partial charge in [-0.3, -0.25) is 4.79 Å². The summed E-state index contributed by atoms with van der Waals surface area (Å²) in [6, 6.07) is 6.37. The zero-order valence-electron chi connectivity index (χ0n) is 11.7. The van der Waals surface area contributed by atoms with Gasteiger partial charge in [-0.05, 0) is 40.5 Å². The lowest BCUT2D eigenvalue weighted by molar-refractivity contribution is -0.133. The third-order valence-electron chi connectivity index (χ3n) is 3.90. The molecule has 0 N–H and O–H groups in total. The van der Waals surface area contributed by atoms with E-state index >= 15 is 0 Å². The Morgan fingerprint density at radius 3 is 3.05 bits per heavy atom.